The van der Waals surface area contributed by atoms with Gasteiger partial charge in [0.05, 0.1) is 0 Å². The van der Waals surface area contributed by atoms with E-state index in [1.54, 1.807) is 0 Å². The van der Waals surface area contributed by atoms with Gasteiger partial charge in [-0.05, 0) is 38.2 Å². The first-order chi connectivity index (χ1) is 6.15. The molecule has 3 nitrogen and oxygen atoms in total. The predicted molar refractivity (Wildman–Crippen MR) is 52.0 cm³/mol. The average Bonchev–Trinajstić information content (AvgIpc) is 2.08. The van der Waals surface area contributed by atoms with Gasteiger partial charge in [-0.2, -0.15) is 0 Å². The van der Waals surface area contributed by atoms with E-state index in [1.165, 1.54) is 0 Å². The molecule has 1 rings (SSSR count). The standard InChI is InChI=1S/C10H15NO2/c1-7(2)9-5-4-8(3)10(6-9)13-11-12/h4,9-10H,1,5-6H2,2-3H3/t9-,10-/m0/s1. The molecule has 3 heteroatoms. The highest BCUT2D eigenvalue weighted by atomic mass is 16.7. The van der Waals surface area contributed by atoms with Crippen molar-refractivity contribution in [1.29, 1.82) is 0 Å². The highest BCUT2D eigenvalue weighted by molar-refractivity contribution is 5.14. The minimum Gasteiger partial charge on any atom is -0.356 e. The third kappa shape index (κ3) is 2.41. The van der Waals surface area contributed by atoms with Gasteiger partial charge in [0.2, 0.25) is 0 Å². The summed E-state index contributed by atoms with van der Waals surface area (Å²) in [4.78, 5) is 14.7. The number of nitrogens with zero attached hydrogens (tertiary/aromatic N) is 1. The summed E-state index contributed by atoms with van der Waals surface area (Å²) in [7, 11) is 0. The van der Waals surface area contributed by atoms with Crippen LogP contribution in [0.2, 0.25) is 0 Å². The molecule has 0 radical (unpaired) electrons. The minimum absolute atomic E-state index is 0.145. The van der Waals surface area contributed by atoms with Crippen molar-refractivity contribution < 1.29 is 4.84 Å². The maximum atomic E-state index is 9.97. The summed E-state index contributed by atoms with van der Waals surface area (Å²) in [5.41, 5.74) is 2.24. The average molecular weight is 181 g/mol. The van der Waals surface area contributed by atoms with E-state index < -0.39 is 0 Å². The molecule has 0 aromatic carbocycles. The lowest BCUT2D eigenvalue weighted by molar-refractivity contribution is 0.0612. The van der Waals surface area contributed by atoms with Crippen LogP contribution in [0, 0.1) is 10.8 Å². The smallest absolute Gasteiger partial charge is 0.155 e. The summed E-state index contributed by atoms with van der Waals surface area (Å²) in [5, 5.41) is 2.48. The Morgan fingerprint density at radius 3 is 3.00 bits per heavy atom. The van der Waals surface area contributed by atoms with Crippen molar-refractivity contribution in [3.63, 3.8) is 0 Å². The molecule has 0 unspecified atom stereocenters. The van der Waals surface area contributed by atoms with Crippen LogP contribution in [0.25, 0.3) is 0 Å². The lowest BCUT2D eigenvalue weighted by Gasteiger charge is -2.25. The second-order valence-electron chi connectivity index (χ2n) is 3.63. The van der Waals surface area contributed by atoms with Crippen LogP contribution in [-0.2, 0) is 4.84 Å². The minimum atomic E-state index is -0.145. The predicted octanol–water partition coefficient (Wildman–Crippen LogP) is 2.99. The van der Waals surface area contributed by atoms with E-state index in [1.807, 2.05) is 13.8 Å². The fourth-order valence-electron chi connectivity index (χ4n) is 1.58. The van der Waals surface area contributed by atoms with Crippen LogP contribution in [0.4, 0.5) is 0 Å². The highest BCUT2D eigenvalue weighted by Crippen LogP contribution is 2.30. The topological polar surface area (TPSA) is 38.7 Å². The Bertz CT molecular complexity index is 245. The molecule has 2 atom stereocenters. The molecule has 13 heavy (non-hydrogen) atoms. The monoisotopic (exact) mass is 181 g/mol. The van der Waals surface area contributed by atoms with Crippen LogP contribution in [0.3, 0.4) is 0 Å². The fourth-order valence-corrected chi connectivity index (χ4v) is 1.58. The molecule has 0 spiro atoms. The second-order valence-corrected chi connectivity index (χ2v) is 3.63. The molecule has 1 aliphatic rings. The SMILES string of the molecule is C=C(C)[C@H]1CC=C(C)[C@@H](ON=O)C1. The molecule has 0 N–H and O–H groups in total. The van der Waals surface area contributed by atoms with Gasteiger partial charge in [-0.15, -0.1) is 4.91 Å². The summed E-state index contributed by atoms with van der Waals surface area (Å²) in [6.07, 6.45) is 3.77. The van der Waals surface area contributed by atoms with E-state index in [-0.39, 0.29) is 6.10 Å². The molecule has 1 aliphatic carbocycles. The van der Waals surface area contributed by atoms with Crippen LogP contribution in [0.1, 0.15) is 26.7 Å². The van der Waals surface area contributed by atoms with Gasteiger partial charge in [-0.1, -0.05) is 18.2 Å². The van der Waals surface area contributed by atoms with Gasteiger partial charge < -0.3 is 4.84 Å². The molecular weight excluding hydrogens is 166 g/mol. The first kappa shape index (κ1) is 9.96. The molecule has 0 fully saturated rings. The van der Waals surface area contributed by atoms with Gasteiger partial charge in [0.15, 0.2) is 11.4 Å². The molecule has 0 heterocycles. The number of hydrogen-bond acceptors (Lipinski definition) is 3. The van der Waals surface area contributed by atoms with Gasteiger partial charge in [-0.3, -0.25) is 0 Å². The van der Waals surface area contributed by atoms with E-state index in [0.29, 0.717) is 5.92 Å². The number of hydrogen-bond donors (Lipinski definition) is 0. The summed E-state index contributed by atoms with van der Waals surface area (Å²) in [5.74, 6) is 0.426. The zero-order valence-electron chi connectivity index (χ0n) is 8.12. The van der Waals surface area contributed by atoms with E-state index in [4.69, 9.17) is 4.84 Å². The number of rotatable bonds is 3. The molecule has 0 amide bonds. The van der Waals surface area contributed by atoms with Gasteiger partial charge >= 0.3 is 0 Å². The second kappa shape index (κ2) is 4.21. The zero-order valence-corrected chi connectivity index (χ0v) is 8.12. The molecule has 0 aromatic heterocycles. The van der Waals surface area contributed by atoms with E-state index in [9.17, 15) is 4.91 Å². The van der Waals surface area contributed by atoms with Crippen molar-refractivity contribution >= 4 is 0 Å². The first-order valence-electron chi connectivity index (χ1n) is 4.45. The van der Waals surface area contributed by atoms with E-state index in [2.05, 4.69) is 18.0 Å². The third-order valence-electron chi connectivity index (χ3n) is 2.60. The summed E-state index contributed by atoms with van der Waals surface area (Å²) in [6.45, 7) is 7.87. The lowest BCUT2D eigenvalue weighted by Crippen LogP contribution is -2.21. The quantitative estimate of drug-likeness (QED) is 0.381. The Kier molecular flexibility index (Phi) is 3.23. The van der Waals surface area contributed by atoms with Crippen molar-refractivity contribution in [3.05, 3.63) is 28.7 Å². The Morgan fingerprint density at radius 2 is 2.46 bits per heavy atom. The van der Waals surface area contributed by atoms with Crippen molar-refractivity contribution in [3.8, 4) is 0 Å². The fraction of sp³-hybridized carbons (Fsp3) is 0.600. The molecule has 72 valence electrons. The van der Waals surface area contributed by atoms with E-state index >= 15 is 0 Å². The van der Waals surface area contributed by atoms with Crippen molar-refractivity contribution in [2.24, 2.45) is 11.3 Å². The summed E-state index contributed by atoms with van der Waals surface area (Å²) < 4.78 is 0. The molecule has 0 saturated heterocycles. The molecule has 0 saturated carbocycles. The van der Waals surface area contributed by atoms with Gasteiger partial charge in [-0.25, -0.2) is 0 Å². The summed E-state index contributed by atoms with van der Waals surface area (Å²) >= 11 is 0. The van der Waals surface area contributed by atoms with Crippen LogP contribution in [0.5, 0.6) is 0 Å². The maximum absolute atomic E-state index is 9.97. The Morgan fingerprint density at radius 1 is 1.77 bits per heavy atom. The van der Waals surface area contributed by atoms with Gasteiger partial charge in [0, 0.05) is 0 Å². The highest BCUT2D eigenvalue weighted by Gasteiger charge is 2.24. The van der Waals surface area contributed by atoms with Crippen molar-refractivity contribution in [2.75, 3.05) is 0 Å². The van der Waals surface area contributed by atoms with Crippen molar-refractivity contribution in [2.45, 2.75) is 32.8 Å². The van der Waals surface area contributed by atoms with E-state index in [0.717, 1.165) is 24.0 Å². The largest absolute Gasteiger partial charge is 0.356 e. The van der Waals surface area contributed by atoms with Crippen LogP contribution in [0.15, 0.2) is 29.1 Å². The molecule has 0 aliphatic heterocycles. The third-order valence-corrected chi connectivity index (χ3v) is 2.60. The molecule has 0 bridgehead atoms. The van der Waals surface area contributed by atoms with Crippen LogP contribution in [-0.4, -0.2) is 6.10 Å². The first-order valence-corrected chi connectivity index (χ1v) is 4.45. The maximum Gasteiger partial charge on any atom is 0.155 e. The van der Waals surface area contributed by atoms with Crippen LogP contribution < -0.4 is 0 Å². The normalized spacial score (nSPS) is 27.7. The van der Waals surface area contributed by atoms with Gasteiger partial charge in [0.1, 0.15) is 0 Å². The Hall–Kier alpha value is -1.12. The molecule has 0 aromatic rings. The Balaban J connectivity index is 2.65. The summed E-state index contributed by atoms with van der Waals surface area (Å²) in [6, 6.07) is 0. The Labute approximate surface area is 78.4 Å². The van der Waals surface area contributed by atoms with Crippen LogP contribution >= 0.6 is 0 Å². The lowest BCUT2D eigenvalue weighted by atomic mass is 9.84. The van der Waals surface area contributed by atoms with Gasteiger partial charge in [0.25, 0.3) is 0 Å². The zero-order chi connectivity index (χ0) is 9.84. The molecular formula is C10H15NO2. The van der Waals surface area contributed by atoms with Crippen molar-refractivity contribution in [1.82, 2.24) is 0 Å². The number of allylic oxidation sites excluding steroid dienone is 2.